The van der Waals surface area contributed by atoms with Gasteiger partial charge in [0.15, 0.2) is 0 Å². The highest BCUT2D eigenvalue weighted by atomic mass is 35.5. The van der Waals surface area contributed by atoms with Crippen molar-refractivity contribution in [1.29, 1.82) is 0 Å². The number of halogens is 1. The second kappa shape index (κ2) is 5.64. The molecule has 0 saturated carbocycles. The minimum atomic E-state index is -0.236. The Balaban J connectivity index is 4.25. The summed E-state index contributed by atoms with van der Waals surface area (Å²) < 4.78 is 0. The largest absolute Gasteiger partial charge is 0.290 e. The summed E-state index contributed by atoms with van der Waals surface area (Å²) in [5.41, 5.74) is 1.07. The molecule has 0 N–H and O–H groups in total. The molecule has 2 heteroatoms. The molecule has 0 aliphatic heterocycles. The van der Waals surface area contributed by atoms with E-state index in [2.05, 4.69) is 32.7 Å². The van der Waals surface area contributed by atoms with Crippen LogP contribution in [0.15, 0.2) is 4.99 Å². The number of hydrogen-bond donors (Lipinski definition) is 0. The van der Waals surface area contributed by atoms with Crippen LogP contribution in [0.1, 0.15) is 53.9 Å². The Morgan fingerprint density at radius 2 is 2.00 bits per heavy atom. The maximum absolute atomic E-state index is 6.38. The highest BCUT2D eigenvalue weighted by molar-refractivity contribution is 6.35. The molecule has 0 aromatic carbocycles. The quantitative estimate of drug-likeness (QED) is 0.473. The lowest BCUT2D eigenvalue weighted by Gasteiger charge is -2.22. The first kappa shape index (κ1) is 13.0. The van der Waals surface area contributed by atoms with Crippen molar-refractivity contribution in [3.8, 4) is 0 Å². The van der Waals surface area contributed by atoms with Gasteiger partial charge in [-0.3, -0.25) is 4.99 Å². The Hall–Kier alpha value is -0.0400. The number of rotatable bonds is 5. The number of nitrogens with zero attached hydrogens (tertiary/aromatic N) is 1. The maximum atomic E-state index is 6.38. The fourth-order valence-electron chi connectivity index (χ4n) is 1.21. The molecule has 1 nitrogen and oxygen atoms in total. The first-order chi connectivity index (χ1) is 5.90. The second-order valence-electron chi connectivity index (χ2n) is 4.11. The van der Waals surface area contributed by atoms with E-state index in [-0.39, 0.29) is 4.87 Å². The molecule has 0 heterocycles. The van der Waals surface area contributed by atoms with Gasteiger partial charge in [0.25, 0.3) is 0 Å². The third-order valence-corrected chi connectivity index (χ3v) is 2.67. The SMILES string of the molecule is CCCCC(C)(Cl)C(C)=NC(C)C. The van der Waals surface area contributed by atoms with Crippen molar-refractivity contribution in [2.75, 3.05) is 0 Å². The van der Waals surface area contributed by atoms with E-state index in [0.29, 0.717) is 6.04 Å². The Morgan fingerprint density at radius 3 is 2.38 bits per heavy atom. The summed E-state index contributed by atoms with van der Waals surface area (Å²) in [5.74, 6) is 0. The van der Waals surface area contributed by atoms with E-state index in [4.69, 9.17) is 11.6 Å². The van der Waals surface area contributed by atoms with Crippen LogP contribution in [0.4, 0.5) is 0 Å². The molecule has 0 amide bonds. The minimum absolute atomic E-state index is 0.236. The first-order valence-corrected chi connectivity index (χ1v) is 5.51. The molecule has 0 rings (SSSR count). The molecule has 0 bridgehead atoms. The van der Waals surface area contributed by atoms with E-state index in [1.54, 1.807) is 0 Å². The molecule has 0 aromatic rings. The van der Waals surface area contributed by atoms with Gasteiger partial charge in [-0.05, 0) is 34.1 Å². The van der Waals surface area contributed by atoms with Crippen LogP contribution in [-0.2, 0) is 0 Å². The number of hydrogen-bond acceptors (Lipinski definition) is 1. The van der Waals surface area contributed by atoms with Crippen molar-refractivity contribution in [2.45, 2.75) is 64.8 Å². The smallest absolute Gasteiger partial charge is 0.0791 e. The zero-order chi connectivity index (χ0) is 10.5. The van der Waals surface area contributed by atoms with Crippen LogP contribution in [0.5, 0.6) is 0 Å². The first-order valence-electron chi connectivity index (χ1n) is 5.14. The highest BCUT2D eigenvalue weighted by Gasteiger charge is 2.23. The van der Waals surface area contributed by atoms with Gasteiger partial charge < -0.3 is 0 Å². The van der Waals surface area contributed by atoms with Gasteiger partial charge in [-0.1, -0.05) is 19.8 Å². The Labute approximate surface area is 87.6 Å². The van der Waals surface area contributed by atoms with E-state index in [1.165, 1.54) is 12.8 Å². The Kier molecular flexibility index (Phi) is 5.62. The molecule has 78 valence electrons. The lowest BCUT2D eigenvalue weighted by molar-refractivity contribution is 0.643. The van der Waals surface area contributed by atoms with Gasteiger partial charge in [-0.15, -0.1) is 11.6 Å². The molecule has 1 atom stereocenters. The van der Waals surface area contributed by atoms with Gasteiger partial charge in [0, 0.05) is 11.8 Å². The zero-order valence-electron chi connectivity index (χ0n) is 9.52. The summed E-state index contributed by atoms with van der Waals surface area (Å²) in [4.78, 5) is 4.25. The van der Waals surface area contributed by atoms with E-state index >= 15 is 0 Å². The normalized spacial score (nSPS) is 17.6. The molecule has 0 radical (unpaired) electrons. The second-order valence-corrected chi connectivity index (χ2v) is 4.94. The van der Waals surface area contributed by atoms with E-state index < -0.39 is 0 Å². The average Bonchev–Trinajstić information content (AvgIpc) is 1.99. The standard InChI is InChI=1S/C11H22ClN/c1-6-7-8-11(5,12)10(4)13-9(2)3/h9H,6-8H2,1-5H3. The highest BCUT2D eigenvalue weighted by Crippen LogP contribution is 2.24. The molecule has 0 spiro atoms. The van der Waals surface area contributed by atoms with Gasteiger partial charge in [0.2, 0.25) is 0 Å². The Morgan fingerprint density at radius 1 is 1.46 bits per heavy atom. The van der Waals surface area contributed by atoms with Gasteiger partial charge >= 0.3 is 0 Å². The zero-order valence-corrected chi connectivity index (χ0v) is 10.3. The third kappa shape index (κ3) is 5.30. The van der Waals surface area contributed by atoms with Crippen molar-refractivity contribution in [1.82, 2.24) is 0 Å². The van der Waals surface area contributed by atoms with Crippen molar-refractivity contribution >= 4 is 17.3 Å². The summed E-state index contributed by atoms with van der Waals surface area (Å²) in [6.07, 6.45) is 3.38. The predicted molar refractivity (Wildman–Crippen MR) is 62.0 cm³/mol. The van der Waals surface area contributed by atoms with E-state index in [1.807, 2.05) is 6.92 Å². The average molecular weight is 204 g/mol. The van der Waals surface area contributed by atoms with Gasteiger partial charge in [-0.25, -0.2) is 0 Å². The number of alkyl halides is 1. The molecule has 1 unspecified atom stereocenters. The lowest BCUT2D eigenvalue weighted by atomic mass is 9.98. The van der Waals surface area contributed by atoms with Gasteiger partial charge in [0.1, 0.15) is 0 Å². The third-order valence-electron chi connectivity index (χ3n) is 2.21. The molecule has 0 saturated heterocycles. The van der Waals surface area contributed by atoms with Crippen LogP contribution >= 0.6 is 11.6 Å². The van der Waals surface area contributed by atoms with Crippen molar-refractivity contribution in [3.05, 3.63) is 0 Å². The van der Waals surface area contributed by atoms with Crippen LogP contribution in [0.25, 0.3) is 0 Å². The monoisotopic (exact) mass is 203 g/mol. The molecule has 0 fully saturated rings. The van der Waals surface area contributed by atoms with Crippen LogP contribution in [-0.4, -0.2) is 16.6 Å². The van der Waals surface area contributed by atoms with Crippen LogP contribution in [0, 0.1) is 0 Å². The Bertz CT molecular complexity index is 171. The minimum Gasteiger partial charge on any atom is -0.290 e. The fraction of sp³-hybridized carbons (Fsp3) is 0.909. The predicted octanol–water partition coefficient (Wildman–Crippen LogP) is 4.04. The lowest BCUT2D eigenvalue weighted by Crippen LogP contribution is -2.27. The van der Waals surface area contributed by atoms with Gasteiger partial charge in [0.05, 0.1) is 4.87 Å². The molecule has 0 aromatic heterocycles. The molecular formula is C11H22ClN. The number of aliphatic imine (C=N–C) groups is 1. The molecular weight excluding hydrogens is 182 g/mol. The van der Waals surface area contributed by atoms with E-state index in [9.17, 15) is 0 Å². The maximum Gasteiger partial charge on any atom is 0.0791 e. The number of unbranched alkanes of at least 4 members (excludes halogenated alkanes) is 1. The summed E-state index contributed by atoms with van der Waals surface area (Å²) in [6, 6.07) is 0.347. The molecule has 13 heavy (non-hydrogen) atoms. The van der Waals surface area contributed by atoms with Crippen molar-refractivity contribution < 1.29 is 0 Å². The topological polar surface area (TPSA) is 12.4 Å². The molecule has 0 aliphatic rings. The molecule has 0 aliphatic carbocycles. The summed E-state index contributed by atoms with van der Waals surface area (Å²) in [7, 11) is 0. The summed E-state index contributed by atoms with van der Waals surface area (Å²) >= 11 is 6.38. The van der Waals surface area contributed by atoms with E-state index in [0.717, 1.165) is 12.1 Å². The van der Waals surface area contributed by atoms with Crippen molar-refractivity contribution in [3.63, 3.8) is 0 Å². The summed E-state index contributed by atoms with van der Waals surface area (Å²) in [6.45, 7) is 10.4. The van der Waals surface area contributed by atoms with Crippen LogP contribution < -0.4 is 0 Å². The summed E-state index contributed by atoms with van der Waals surface area (Å²) in [5, 5.41) is 0. The van der Waals surface area contributed by atoms with Crippen LogP contribution in [0.3, 0.4) is 0 Å². The fourth-order valence-corrected chi connectivity index (χ4v) is 1.39. The van der Waals surface area contributed by atoms with Crippen LogP contribution in [0.2, 0.25) is 0 Å². The van der Waals surface area contributed by atoms with Gasteiger partial charge in [-0.2, -0.15) is 0 Å². The van der Waals surface area contributed by atoms with Crippen molar-refractivity contribution in [2.24, 2.45) is 4.99 Å².